The van der Waals surface area contributed by atoms with E-state index in [-0.39, 0.29) is 0 Å². The molecule has 0 N–H and O–H groups in total. The summed E-state index contributed by atoms with van der Waals surface area (Å²) < 4.78 is 0. The number of hydrogen-bond acceptors (Lipinski definition) is 9. The summed E-state index contributed by atoms with van der Waals surface area (Å²) in [5, 5.41) is 4.86. The molecular formula is C126H89N9. The van der Waals surface area contributed by atoms with Gasteiger partial charge in [-0.15, -0.1) is 0 Å². The molecule has 135 heavy (non-hydrogen) atoms. The Morgan fingerprint density at radius 1 is 0.170 bits per heavy atom. The third-order valence-electron chi connectivity index (χ3n) is 25.5. The highest BCUT2D eigenvalue weighted by atomic mass is 15.1. The second kappa shape index (κ2) is 37.1. The lowest BCUT2D eigenvalue weighted by Crippen LogP contribution is -2.29. The van der Waals surface area contributed by atoms with Crippen LogP contribution in [-0.2, 0) is 0 Å². The van der Waals surface area contributed by atoms with Crippen LogP contribution in [-0.4, -0.2) is 44.9 Å². The van der Waals surface area contributed by atoms with Gasteiger partial charge in [0.1, 0.15) is 0 Å². The Bertz CT molecular complexity index is 7880. The van der Waals surface area contributed by atoms with E-state index in [9.17, 15) is 0 Å². The van der Waals surface area contributed by atoms with Crippen LogP contribution in [0.4, 0.5) is 0 Å². The summed E-state index contributed by atoms with van der Waals surface area (Å²) in [5.41, 5.74) is 33.9. The monoisotopic (exact) mass is 1730 g/mol. The van der Waals surface area contributed by atoms with Crippen LogP contribution >= 0.6 is 0 Å². The van der Waals surface area contributed by atoms with Crippen molar-refractivity contribution in [3.8, 4) is 169 Å². The molecule has 24 rings (SSSR count). The van der Waals surface area contributed by atoms with Crippen LogP contribution in [0, 0.1) is 32.6 Å². The number of aryl methyl sites for hydroxylation is 3. The molecule has 9 nitrogen and oxygen atoms in total. The predicted octanol–water partition coefficient (Wildman–Crippen LogP) is 31.3. The van der Waals surface area contributed by atoms with Gasteiger partial charge in [0.05, 0.1) is 0 Å². The average Bonchev–Trinajstić information content (AvgIpc) is 0.709. The zero-order valence-corrected chi connectivity index (χ0v) is 74.7. The zero-order valence-electron chi connectivity index (χ0n) is 74.7. The third-order valence-corrected chi connectivity index (χ3v) is 25.5. The van der Waals surface area contributed by atoms with Gasteiger partial charge in [-0.25, -0.2) is 44.9 Å². The molecule has 0 bridgehead atoms. The van der Waals surface area contributed by atoms with Gasteiger partial charge in [-0.2, -0.15) is 0 Å². The van der Waals surface area contributed by atoms with Gasteiger partial charge in [-0.3, -0.25) is 0 Å². The summed E-state index contributed by atoms with van der Waals surface area (Å²) in [6, 6.07) is 146. The fraction of sp³-hybridized carbons (Fsp3) is 0.0397. The first-order valence-electron chi connectivity index (χ1n) is 45.8. The van der Waals surface area contributed by atoms with Crippen LogP contribution in [0.3, 0.4) is 0 Å². The van der Waals surface area contributed by atoms with Crippen molar-refractivity contribution in [3.63, 3.8) is 0 Å². The molecule has 3 aromatic heterocycles. The first-order chi connectivity index (χ1) is 66.6. The Balaban J connectivity index is 0.000000118. The van der Waals surface area contributed by atoms with Crippen molar-refractivity contribution < 1.29 is 0 Å². The predicted molar refractivity (Wildman–Crippen MR) is 556 cm³/mol. The lowest BCUT2D eigenvalue weighted by Gasteiger charge is -2.40. The summed E-state index contributed by atoms with van der Waals surface area (Å²) in [6.45, 7) is 6.36. The van der Waals surface area contributed by atoms with Gasteiger partial charge >= 0.3 is 0 Å². The number of hydrogen-bond donors (Lipinski definition) is 0. The first kappa shape index (κ1) is 83.1. The van der Waals surface area contributed by atoms with E-state index in [0.29, 0.717) is 64.3 Å². The topological polar surface area (TPSA) is 116 Å². The fourth-order valence-electron chi connectivity index (χ4n) is 18.6. The van der Waals surface area contributed by atoms with E-state index in [0.717, 1.165) is 106 Å². The van der Waals surface area contributed by atoms with Crippen LogP contribution < -0.4 is 0 Å². The van der Waals surface area contributed by atoms with Crippen LogP contribution in [0.2, 0.25) is 0 Å². The van der Waals surface area contributed by atoms with Gasteiger partial charge in [-0.05, 0) is 209 Å². The van der Waals surface area contributed by atoms with Crippen molar-refractivity contribution in [2.24, 2.45) is 11.8 Å². The van der Waals surface area contributed by atoms with Gasteiger partial charge in [0.2, 0.25) is 0 Å². The molecule has 2 unspecified atom stereocenters. The summed E-state index contributed by atoms with van der Waals surface area (Å²) >= 11 is 0. The molecule has 4 aliphatic carbocycles. The molecular weight excluding hydrogens is 1640 g/mol. The van der Waals surface area contributed by atoms with E-state index in [1.165, 1.54) is 82.8 Å². The standard InChI is InChI=1S/C44H31N3.C42H29N3.C40H29N3/c1-28-15-17-29(18-16-28)35-25-36(38-23-21-32-20-19-30-13-8-14-31-22-24-39(38)41(32)40(30)31)27-37(26-35)44-46-42(33-9-4-2-5-10-33)45-43(47-44)34-11-6-3-7-12-34;1-28-20-22-29(23-21-28)34-25-35(39-37-18-10-8-16-32(37)24-33-17-9-11-19-38(33)39)27-36(26-34)42-44-40(30-12-4-2-5-13-30)43-41(45-42)31-14-6-3-7-15-31;1-28-20-22-30(23-21-28)35-25-36(34-19-11-18-33(24-34)29-12-5-2-6-13-29)27-37(26-35)40-42-38(31-14-7-3-8-15-31)41-39(43-40)32-16-9-4-10-17-32/h2-27,40-41H,1H3;2-27H,1H3;2-27H,1H3. The Hall–Kier alpha value is -17.5. The molecule has 0 amide bonds. The van der Waals surface area contributed by atoms with E-state index in [1.54, 1.807) is 0 Å². The highest BCUT2D eigenvalue weighted by Gasteiger charge is 2.39. The second-order valence-electron chi connectivity index (χ2n) is 34.6. The number of rotatable bonds is 16. The van der Waals surface area contributed by atoms with Gasteiger partial charge in [0.25, 0.3) is 0 Å². The minimum absolute atomic E-state index is 0.300. The molecule has 638 valence electrons. The Labute approximate surface area is 786 Å². The lowest BCUT2D eigenvalue weighted by molar-refractivity contribution is 0.566. The van der Waals surface area contributed by atoms with Gasteiger partial charge < -0.3 is 0 Å². The maximum Gasteiger partial charge on any atom is 0.164 e. The molecule has 0 spiro atoms. The van der Waals surface area contributed by atoms with E-state index in [4.69, 9.17) is 44.9 Å². The van der Waals surface area contributed by atoms with Crippen molar-refractivity contribution in [1.82, 2.24) is 44.9 Å². The normalized spacial score (nSPS) is 13.8. The van der Waals surface area contributed by atoms with Crippen LogP contribution in [0.25, 0.3) is 196 Å². The Kier molecular flexibility index (Phi) is 22.9. The number of allylic oxidation sites excluding steroid dienone is 14. The smallest absolute Gasteiger partial charge is 0.164 e. The third kappa shape index (κ3) is 17.7. The molecule has 3 heterocycles. The average molecular weight is 1730 g/mol. The summed E-state index contributed by atoms with van der Waals surface area (Å²) in [4.78, 5) is 45.2. The van der Waals surface area contributed by atoms with Crippen molar-refractivity contribution in [2.45, 2.75) is 20.8 Å². The molecule has 2 atom stereocenters. The summed E-state index contributed by atoms with van der Waals surface area (Å²) in [5.74, 6) is 6.51. The van der Waals surface area contributed by atoms with Crippen LogP contribution in [0.1, 0.15) is 22.3 Å². The molecule has 20 aromatic rings. The van der Waals surface area contributed by atoms with Crippen LogP contribution in [0.15, 0.2) is 496 Å². The van der Waals surface area contributed by atoms with Crippen LogP contribution in [0.5, 0.6) is 0 Å². The van der Waals surface area contributed by atoms with Gasteiger partial charge in [-0.1, -0.05) is 423 Å². The first-order valence-corrected chi connectivity index (χ1v) is 45.8. The van der Waals surface area contributed by atoms with Gasteiger partial charge in [0, 0.05) is 61.9 Å². The summed E-state index contributed by atoms with van der Waals surface area (Å²) in [7, 11) is 0. The quantitative estimate of drug-likeness (QED) is 0.0872. The van der Waals surface area contributed by atoms with Crippen molar-refractivity contribution >= 4 is 27.1 Å². The molecule has 0 saturated carbocycles. The highest BCUT2D eigenvalue weighted by Crippen LogP contribution is 2.52. The zero-order chi connectivity index (χ0) is 90.5. The summed E-state index contributed by atoms with van der Waals surface area (Å²) in [6.07, 6.45) is 20.6. The molecule has 0 aliphatic heterocycles. The minimum atomic E-state index is 0.300. The van der Waals surface area contributed by atoms with Crippen molar-refractivity contribution in [3.05, 3.63) is 518 Å². The second-order valence-corrected chi connectivity index (χ2v) is 34.6. The molecule has 0 radical (unpaired) electrons. The molecule has 17 aromatic carbocycles. The largest absolute Gasteiger partial charge is 0.208 e. The molecule has 4 aliphatic rings. The molecule has 0 saturated heterocycles. The number of benzene rings is 17. The maximum atomic E-state index is 5.10. The van der Waals surface area contributed by atoms with Gasteiger partial charge in [0.15, 0.2) is 52.4 Å². The Morgan fingerprint density at radius 3 is 0.815 bits per heavy atom. The lowest BCUT2D eigenvalue weighted by atomic mass is 9.63. The highest BCUT2D eigenvalue weighted by molar-refractivity contribution is 6.13. The minimum Gasteiger partial charge on any atom is -0.208 e. The van der Waals surface area contributed by atoms with E-state index in [1.807, 2.05) is 164 Å². The van der Waals surface area contributed by atoms with Crippen molar-refractivity contribution in [2.75, 3.05) is 0 Å². The number of aromatic nitrogens is 9. The van der Waals surface area contributed by atoms with E-state index >= 15 is 0 Å². The SMILES string of the molecule is Cc1ccc(-c2cc(-c3cccc(-c4ccccc4)c3)cc(-c3nc(-c4ccccc4)nc(-c4ccccc4)n3)c2)cc1.Cc1ccc(-c2cc(-c3nc(-c4ccccc4)nc(-c4ccccc4)n3)cc(-c3c4ccccc4cc4ccccc34)c2)cc1.Cc1ccc(-c2cc(C3=C4C=CC5=CC=CC6=CC=C(C=C3)C4C56)cc(-c3nc(-c4ccccc4)nc(-c4ccccc4)n3)c2)cc1. The van der Waals surface area contributed by atoms with E-state index < -0.39 is 0 Å². The maximum absolute atomic E-state index is 5.10. The van der Waals surface area contributed by atoms with Crippen molar-refractivity contribution in [1.29, 1.82) is 0 Å². The molecule has 9 heteroatoms. The number of fused-ring (bicyclic) bond motifs is 2. The number of nitrogens with zero attached hydrogens (tertiary/aromatic N) is 9. The van der Waals surface area contributed by atoms with E-state index in [2.05, 4.69) is 330 Å². The fourth-order valence-corrected chi connectivity index (χ4v) is 18.6. The Morgan fingerprint density at radius 2 is 0.430 bits per heavy atom. The molecule has 0 fully saturated rings.